The maximum absolute atomic E-state index is 12.5. The van der Waals surface area contributed by atoms with E-state index in [9.17, 15) is 14.7 Å². The van der Waals surface area contributed by atoms with E-state index in [1.54, 1.807) is 16.5 Å². The Morgan fingerprint density at radius 1 is 1.03 bits per heavy atom. The molecule has 5 aliphatic rings. The maximum atomic E-state index is 12.5. The monoisotopic (exact) mass is 493 g/mol. The predicted molar refractivity (Wildman–Crippen MR) is 146 cm³/mol. The third-order valence-corrected chi connectivity index (χ3v) is 11.0. The predicted octanol–water partition coefficient (Wildman–Crippen LogP) is 7.34. The van der Waals surface area contributed by atoms with Crippen LogP contribution in [0.25, 0.3) is 0 Å². The molecule has 0 bridgehead atoms. The highest BCUT2D eigenvalue weighted by Gasteiger charge is 2.60. The number of rotatable bonds is 3. The molecule has 198 valence electrons. The molecule has 3 fully saturated rings. The molecule has 4 nitrogen and oxygen atoms in total. The van der Waals surface area contributed by atoms with Gasteiger partial charge in [-0.2, -0.15) is 0 Å². The van der Waals surface area contributed by atoms with Crippen LogP contribution in [0, 0.1) is 34.0 Å². The molecule has 0 aromatic carbocycles. The zero-order valence-electron chi connectivity index (χ0n) is 23.6. The van der Waals surface area contributed by atoms with Crippen LogP contribution in [0.15, 0.2) is 46.3 Å². The van der Waals surface area contributed by atoms with Crippen molar-refractivity contribution < 1.29 is 14.7 Å². The minimum atomic E-state index is -0.221. The lowest BCUT2D eigenvalue weighted by Gasteiger charge is -2.64. The second-order valence-electron chi connectivity index (χ2n) is 12.9. The van der Waals surface area contributed by atoms with Gasteiger partial charge in [0.2, 0.25) is 12.2 Å². The molecule has 1 amide bonds. The topological polar surface area (TPSA) is 57.6 Å². The van der Waals surface area contributed by atoms with Crippen molar-refractivity contribution in [3.05, 3.63) is 46.3 Å². The lowest BCUT2D eigenvalue weighted by atomic mass is 9.40. The Hall–Kier alpha value is -2.10. The van der Waals surface area contributed by atoms with Gasteiger partial charge in [0.15, 0.2) is 5.76 Å². The number of fused-ring (bicyclic) bond motifs is 7. The highest BCUT2D eigenvalue weighted by Crippen LogP contribution is 2.69. The summed E-state index contributed by atoms with van der Waals surface area (Å²) in [6.07, 6.45) is 16.3. The van der Waals surface area contributed by atoms with E-state index >= 15 is 0 Å². The molecule has 0 radical (unpaired) electrons. The third kappa shape index (κ3) is 4.13. The summed E-state index contributed by atoms with van der Waals surface area (Å²) in [6, 6.07) is 0. The van der Waals surface area contributed by atoms with Crippen LogP contribution >= 0.6 is 0 Å². The van der Waals surface area contributed by atoms with Crippen molar-refractivity contribution in [1.82, 2.24) is 4.90 Å². The zero-order chi connectivity index (χ0) is 26.5. The van der Waals surface area contributed by atoms with Crippen LogP contribution in [-0.4, -0.2) is 35.3 Å². The van der Waals surface area contributed by atoms with E-state index in [-0.39, 0.29) is 22.4 Å². The van der Waals surface area contributed by atoms with Gasteiger partial charge >= 0.3 is 0 Å². The Morgan fingerprint density at radius 2 is 1.72 bits per heavy atom. The van der Waals surface area contributed by atoms with Gasteiger partial charge < -0.3 is 10.0 Å². The summed E-state index contributed by atoms with van der Waals surface area (Å²) in [7, 11) is 0. The lowest BCUT2D eigenvalue weighted by molar-refractivity contribution is -0.117. The molecule has 0 heterocycles. The Kier molecular flexibility index (Phi) is 7.22. The quantitative estimate of drug-likeness (QED) is 0.419. The van der Waals surface area contributed by atoms with E-state index in [1.807, 2.05) is 20.8 Å². The van der Waals surface area contributed by atoms with Gasteiger partial charge in [0, 0.05) is 24.1 Å². The van der Waals surface area contributed by atoms with Crippen LogP contribution in [0.5, 0.6) is 0 Å². The van der Waals surface area contributed by atoms with Gasteiger partial charge in [-0.05, 0) is 105 Å². The molecule has 1 N–H and O–H groups in total. The van der Waals surface area contributed by atoms with Crippen LogP contribution in [-0.2, 0) is 9.59 Å². The largest absolute Gasteiger partial charge is 0.504 e. The van der Waals surface area contributed by atoms with Crippen molar-refractivity contribution in [2.75, 3.05) is 13.1 Å². The zero-order valence-corrected chi connectivity index (χ0v) is 23.6. The number of aliphatic hydroxyl groups excluding tert-OH is 1. The summed E-state index contributed by atoms with van der Waals surface area (Å²) < 4.78 is 0. The molecule has 0 saturated heterocycles. The van der Waals surface area contributed by atoms with E-state index in [0.717, 1.165) is 60.4 Å². The molecule has 0 aliphatic heterocycles. The molecule has 5 aliphatic carbocycles. The summed E-state index contributed by atoms with van der Waals surface area (Å²) in [5.41, 5.74) is 5.18. The molecule has 4 heteroatoms. The van der Waals surface area contributed by atoms with Gasteiger partial charge in [-0.1, -0.05) is 51.8 Å². The van der Waals surface area contributed by atoms with Gasteiger partial charge in [-0.15, -0.1) is 0 Å². The Balaban J connectivity index is 0.000000384. The van der Waals surface area contributed by atoms with Crippen molar-refractivity contribution in [2.24, 2.45) is 34.0 Å². The average molecular weight is 494 g/mol. The molecular weight excluding hydrogens is 446 g/mol. The maximum Gasteiger partial charge on any atom is 0.220 e. The second kappa shape index (κ2) is 9.65. The van der Waals surface area contributed by atoms with Crippen molar-refractivity contribution in [3.8, 4) is 0 Å². The average Bonchev–Trinajstić information content (AvgIpc) is 2.85. The molecule has 6 atom stereocenters. The smallest absolute Gasteiger partial charge is 0.220 e. The molecular formula is C32H47NO3. The minimum Gasteiger partial charge on any atom is -0.504 e. The number of hydrogen-bond acceptors (Lipinski definition) is 3. The Labute approximate surface area is 218 Å². The van der Waals surface area contributed by atoms with E-state index in [1.165, 1.54) is 38.5 Å². The fourth-order valence-electron chi connectivity index (χ4n) is 8.45. The van der Waals surface area contributed by atoms with E-state index in [4.69, 9.17) is 0 Å². The highest BCUT2D eigenvalue weighted by atomic mass is 16.3. The number of allylic oxidation sites excluding steroid dienone is 7. The number of nitrogens with zero attached hydrogens (tertiary/aromatic N) is 1. The summed E-state index contributed by atoms with van der Waals surface area (Å²) in [5.74, 6) is 2.13. The molecule has 3 saturated carbocycles. The number of ketones is 1. The molecule has 6 unspecified atom stereocenters. The van der Waals surface area contributed by atoms with Crippen LogP contribution in [0.1, 0.15) is 93.4 Å². The van der Waals surface area contributed by atoms with Crippen molar-refractivity contribution >= 4 is 12.2 Å². The third-order valence-electron chi connectivity index (χ3n) is 11.0. The number of aliphatic hydroxyl groups is 1. The Morgan fingerprint density at radius 3 is 2.33 bits per heavy atom. The van der Waals surface area contributed by atoms with Crippen LogP contribution in [0.3, 0.4) is 0 Å². The fourth-order valence-corrected chi connectivity index (χ4v) is 8.45. The first kappa shape index (κ1) is 26.9. The molecule has 0 aromatic rings. The van der Waals surface area contributed by atoms with Gasteiger partial charge in [0.1, 0.15) is 0 Å². The summed E-state index contributed by atoms with van der Waals surface area (Å²) >= 11 is 0. The van der Waals surface area contributed by atoms with Crippen LogP contribution in [0.4, 0.5) is 0 Å². The lowest BCUT2D eigenvalue weighted by Crippen LogP contribution is -2.55. The van der Waals surface area contributed by atoms with Crippen molar-refractivity contribution in [3.63, 3.8) is 0 Å². The molecule has 0 aromatic heterocycles. The minimum absolute atomic E-state index is 0.0787. The first-order valence-corrected chi connectivity index (χ1v) is 14.2. The van der Waals surface area contributed by atoms with E-state index in [0.29, 0.717) is 5.41 Å². The normalized spacial score (nSPS) is 39.1. The Bertz CT molecular complexity index is 1040. The van der Waals surface area contributed by atoms with E-state index < -0.39 is 0 Å². The molecule has 36 heavy (non-hydrogen) atoms. The summed E-state index contributed by atoms with van der Waals surface area (Å²) in [5, 5.41) is 10.2. The summed E-state index contributed by atoms with van der Waals surface area (Å²) in [4.78, 5) is 24.1. The molecule has 5 rings (SSSR count). The van der Waals surface area contributed by atoms with Crippen molar-refractivity contribution in [1.29, 1.82) is 0 Å². The number of hydrogen-bond donors (Lipinski definition) is 1. The second-order valence-corrected chi connectivity index (χ2v) is 12.9. The first-order chi connectivity index (χ1) is 16.9. The number of amides is 1. The standard InChI is InChI=1S/C27H36O2.C5H11NO/c1-16-8-10-25(3)12-13-27(5)19(21(25)14-16)9-11-26(4)20-15-22(28)24(29)17(2)18(20)6-7-23(26)27;1-3-6(4-2)5-7/h6-7,15-16,19,21,29H,8-14H2,1-5H3;5H,3-4H2,1-2H3. The van der Waals surface area contributed by atoms with Gasteiger partial charge in [0.25, 0.3) is 0 Å². The van der Waals surface area contributed by atoms with Crippen LogP contribution < -0.4 is 0 Å². The SMILES string of the molecule is CC1=C(O)C(=O)C=C2C1=CC=C1C2(C)CCC2C3CC(C)CCC3(C)CCC12C.CCN(C=O)CC. The van der Waals surface area contributed by atoms with Crippen molar-refractivity contribution in [2.45, 2.75) is 93.4 Å². The number of carbonyl (C=O) groups is 2. The van der Waals surface area contributed by atoms with Crippen LogP contribution in [0.2, 0.25) is 0 Å². The van der Waals surface area contributed by atoms with E-state index in [2.05, 4.69) is 39.8 Å². The highest BCUT2D eigenvalue weighted by molar-refractivity contribution is 6.06. The fraction of sp³-hybridized carbons (Fsp3) is 0.688. The summed E-state index contributed by atoms with van der Waals surface area (Å²) in [6.45, 7) is 17.4. The van der Waals surface area contributed by atoms with Gasteiger partial charge in [-0.3, -0.25) is 9.59 Å². The molecule has 0 spiro atoms. The first-order valence-electron chi connectivity index (χ1n) is 14.2. The van der Waals surface area contributed by atoms with Gasteiger partial charge in [0.05, 0.1) is 0 Å². The number of carbonyl (C=O) groups excluding carboxylic acids is 2. The van der Waals surface area contributed by atoms with Gasteiger partial charge in [-0.25, -0.2) is 0 Å².